The van der Waals surface area contributed by atoms with E-state index in [0.29, 0.717) is 21.8 Å². The van der Waals surface area contributed by atoms with Gasteiger partial charge < -0.3 is 4.74 Å². The van der Waals surface area contributed by atoms with Crippen LogP contribution in [0.3, 0.4) is 0 Å². The Morgan fingerprint density at radius 3 is 2.70 bits per heavy atom. The SMILES string of the molecule is CCCOc1nc(Cl)nc(Sc2cc(Cl)ccc2Cl)n1. The molecule has 1 heterocycles. The van der Waals surface area contributed by atoms with Crippen LogP contribution >= 0.6 is 46.6 Å². The Morgan fingerprint density at radius 2 is 1.95 bits per heavy atom. The molecule has 0 amide bonds. The number of hydrogen-bond acceptors (Lipinski definition) is 5. The van der Waals surface area contributed by atoms with E-state index in [1.54, 1.807) is 18.2 Å². The summed E-state index contributed by atoms with van der Waals surface area (Å²) in [6, 6.07) is 5.36. The number of halogens is 3. The molecule has 0 bridgehead atoms. The smallest absolute Gasteiger partial charge is 0.321 e. The van der Waals surface area contributed by atoms with Gasteiger partial charge in [-0.05, 0) is 48.0 Å². The van der Waals surface area contributed by atoms with Crippen molar-refractivity contribution in [2.45, 2.75) is 23.4 Å². The van der Waals surface area contributed by atoms with Crippen molar-refractivity contribution in [1.29, 1.82) is 0 Å². The van der Waals surface area contributed by atoms with E-state index in [1.807, 2.05) is 6.92 Å². The van der Waals surface area contributed by atoms with E-state index >= 15 is 0 Å². The van der Waals surface area contributed by atoms with Crippen molar-refractivity contribution in [2.75, 3.05) is 6.61 Å². The number of hydrogen-bond donors (Lipinski definition) is 0. The van der Waals surface area contributed by atoms with Gasteiger partial charge in [0, 0.05) is 9.92 Å². The second-order valence-corrected chi connectivity index (χ2v) is 5.89. The lowest BCUT2D eigenvalue weighted by molar-refractivity contribution is 0.288. The van der Waals surface area contributed by atoms with Crippen LogP contribution in [0.5, 0.6) is 6.01 Å². The Bertz CT molecular complexity index is 612. The molecule has 0 radical (unpaired) electrons. The second kappa shape index (κ2) is 7.31. The van der Waals surface area contributed by atoms with Gasteiger partial charge in [-0.2, -0.15) is 15.0 Å². The van der Waals surface area contributed by atoms with Gasteiger partial charge in [-0.25, -0.2) is 0 Å². The minimum atomic E-state index is 0.0757. The average Bonchev–Trinajstić information content (AvgIpc) is 2.40. The molecule has 0 aliphatic carbocycles. The Kier molecular flexibility index (Phi) is 5.72. The van der Waals surface area contributed by atoms with Gasteiger partial charge in [0.25, 0.3) is 0 Å². The summed E-state index contributed by atoms with van der Waals surface area (Å²) in [5, 5.41) is 1.62. The molecule has 20 heavy (non-hydrogen) atoms. The first-order valence-electron chi connectivity index (χ1n) is 5.75. The number of rotatable bonds is 5. The summed E-state index contributed by atoms with van der Waals surface area (Å²) in [4.78, 5) is 12.8. The summed E-state index contributed by atoms with van der Waals surface area (Å²) in [5.74, 6) is 0. The molecule has 2 rings (SSSR count). The molecule has 0 aliphatic rings. The fraction of sp³-hybridized carbons (Fsp3) is 0.250. The first-order valence-corrected chi connectivity index (χ1v) is 7.71. The van der Waals surface area contributed by atoms with E-state index in [4.69, 9.17) is 39.5 Å². The summed E-state index contributed by atoms with van der Waals surface area (Å²) in [5.41, 5.74) is 0. The van der Waals surface area contributed by atoms with Gasteiger partial charge in [0.05, 0.1) is 11.6 Å². The zero-order chi connectivity index (χ0) is 14.5. The summed E-state index contributed by atoms with van der Waals surface area (Å²) < 4.78 is 5.35. The lowest BCUT2D eigenvalue weighted by atomic mass is 10.4. The molecule has 1 aromatic carbocycles. The van der Waals surface area contributed by atoms with Crippen LogP contribution in [0.1, 0.15) is 13.3 Å². The minimum Gasteiger partial charge on any atom is -0.463 e. The summed E-state index contributed by atoms with van der Waals surface area (Å²) >= 11 is 19.1. The molecule has 0 aliphatic heterocycles. The molecule has 0 spiro atoms. The first kappa shape index (κ1) is 15.6. The highest BCUT2D eigenvalue weighted by Crippen LogP contribution is 2.34. The van der Waals surface area contributed by atoms with Crippen molar-refractivity contribution >= 4 is 46.6 Å². The fourth-order valence-electron chi connectivity index (χ4n) is 1.27. The van der Waals surface area contributed by atoms with Crippen molar-refractivity contribution in [3.63, 3.8) is 0 Å². The van der Waals surface area contributed by atoms with Gasteiger partial charge in [0.1, 0.15) is 0 Å². The van der Waals surface area contributed by atoms with Crippen molar-refractivity contribution in [2.24, 2.45) is 0 Å². The predicted molar refractivity (Wildman–Crippen MR) is 81.2 cm³/mol. The van der Waals surface area contributed by atoms with Gasteiger partial charge in [0.15, 0.2) is 5.16 Å². The second-order valence-electron chi connectivity index (χ2n) is 3.69. The van der Waals surface area contributed by atoms with Crippen LogP contribution in [0.15, 0.2) is 28.3 Å². The largest absolute Gasteiger partial charge is 0.463 e. The molecule has 0 saturated carbocycles. The maximum atomic E-state index is 6.09. The Morgan fingerprint density at radius 1 is 1.15 bits per heavy atom. The highest BCUT2D eigenvalue weighted by molar-refractivity contribution is 7.99. The Labute approximate surface area is 135 Å². The molecular formula is C12H10Cl3N3OS. The fourth-order valence-corrected chi connectivity index (χ4v) is 2.75. The van der Waals surface area contributed by atoms with Gasteiger partial charge in [-0.3, -0.25) is 0 Å². The molecule has 0 atom stereocenters. The molecule has 2 aromatic rings. The average molecular weight is 351 g/mol. The molecular weight excluding hydrogens is 341 g/mol. The van der Waals surface area contributed by atoms with Crippen molar-refractivity contribution in [3.05, 3.63) is 33.5 Å². The van der Waals surface area contributed by atoms with Crippen LogP contribution in [0.2, 0.25) is 15.3 Å². The van der Waals surface area contributed by atoms with E-state index in [0.717, 1.165) is 11.3 Å². The van der Waals surface area contributed by atoms with E-state index < -0.39 is 0 Å². The highest BCUT2D eigenvalue weighted by atomic mass is 35.5. The van der Waals surface area contributed by atoms with Gasteiger partial charge in [-0.1, -0.05) is 30.1 Å². The molecule has 0 unspecified atom stereocenters. The van der Waals surface area contributed by atoms with Crippen molar-refractivity contribution < 1.29 is 4.74 Å². The maximum Gasteiger partial charge on any atom is 0.321 e. The van der Waals surface area contributed by atoms with Crippen LogP contribution in [0.25, 0.3) is 0 Å². The van der Waals surface area contributed by atoms with E-state index in [-0.39, 0.29) is 11.3 Å². The Balaban J connectivity index is 2.24. The minimum absolute atomic E-state index is 0.0757. The quantitative estimate of drug-likeness (QED) is 0.777. The normalized spacial score (nSPS) is 10.6. The van der Waals surface area contributed by atoms with E-state index in [1.165, 1.54) is 11.8 Å². The van der Waals surface area contributed by atoms with Gasteiger partial charge >= 0.3 is 6.01 Å². The molecule has 4 nitrogen and oxygen atoms in total. The molecule has 0 saturated heterocycles. The number of aromatic nitrogens is 3. The Hall–Kier alpha value is -0.750. The van der Waals surface area contributed by atoms with Crippen LogP contribution in [-0.4, -0.2) is 21.6 Å². The molecule has 0 N–H and O–H groups in total. The maximum absolute atomic E-state index is 6.09. The lowest BCUT2D eigenvalue weighted by Crippen LogP contribution is -2.02. The van der Waals surface area contributed by atoms with Crippen LogP contribution in [-0.2, 0) is 0 Å². The number of benzene rings is 1. The summed E-state index contributed by atoms with van der Waals surface area (Å²) in [6.45, 7) is 2.51. The zero-order valence-corrected chi connectivity index (χ0v) is 13.5. The van der Waals surface area contributed by atoms with Crippen molar-refractivity contribution in [1.82, 2.24) is 15.0 Å². The third kappa shape index (κ3) is 4.38. The van der Waals surface area contributed by atoms with Crippen LogP contribution in [0, 0.1) is 0 Å². The van der Waals surface area contributed by atoms with Crippen LogP contribution < -0.4 is 4.74 Å². The third-order valence-corrected chi connectivity index (χ3v) is 3.87. The first-order chi connectivity index (χ1) is 9.58. The standard InChI is InChI=1S/C12H10Cl3N3OS/c1-2-5-19-11-16-10(15)17-12(18-11)20-9-6-7(13)3-4-8(9)14/h3-4,6H,2,5H2,1H3. The van der Waals surface area contributed by atoms with Crippen LogP contribution in [0.4, 0.5) is 0 Å². The highest BCUT2D eigenvalue weighted by Gasteiger charge is 2.10. The zero-order valence-electron chi connectivity index (χ0n) is 10.4. The third-order valence-electron chi connectivity index (χ3n) is 2.10. The summed E-state index contributed by atoms with van der Waals surface area (Å²) in [6.07, 6.45) is 0.853. The number of nitrogens with zero attached hydrogens (tertiary/aromatic N) is 3. The van der Waals surface area contributed by atoms with Gasteiger partial charge in [-0.15, -0.1) is 0 Å². The number of ether oxygens (including phenoxy) is 1. The van der Waals surface area contributed by atoms with Gasteiger partial charge in [0.2, 0.25) is 5.28 Å². The monoisotopic (exact) mass is 349 g/mol. The lowest BCUT2D eigenvalue weighted by Gasteiger charge is -2.06. The molecule has 1 aromatic heterocycles. The molecule has 8 heteroatoms. The molecule has 0 fully saturated rings. The van der Waals surface area contributed by atoms with E-state index in [2.05, 4.69) is 15.0 Å². The topological polar surface area (TPSA) is 47.9 Å². The van der Waals surface area contributed by atoms with Crippen molar-refractivity contribution in [3.8, 4) is 6.01 Å². The van der Waals surface area contributed by atoms with E-state index in [9.17, 15) is 0 Å². The summed E-state index contributed by atoms with van der Waals surface area (Å²) in [7, 11) is 0. The molecule has 106 valence electrons. The predicted octanol–water partition coefficient (Wildman–Crippen LogP) is 4.77.